The molecular formula is C11H8ClNO2. The van der Waals surface area contributed by atoms with Crippen LogP contribution < -0.4 is 5.63 Å². The monoisotopic (exact) mass is 221 g/mol. The first kappa shape index (κ1) is 9.93. The summed E-state index contributed by atoms with van der Waals surface area (Å²) in [5, 5.41) is 8.48. The van der Waals surface area contributed by atoms with Gasteiger partial charge in [-0.15, -0.1) is 0 Å². The molecule has 0 bridgehead atoms. The van der Waals surface area contributed by atoms with Crippen LogP contribution in [0.3, 0.4) is 0 Å². The molecule has 0 spiro atoms. The molecule has 0 saturated heterocycles. The molecule has 0 atom stereocenters. The van der Waals surface area contributed by atoms with Gasteiger partial charge in [0.25, 0.3) is 0 Å². The first-order valence-electron chi connectivity index (χ1n) is 4.36. The van der Waals surface area contributed by atoms with Gasteiger partial charge in [-0.05, 0) is 24.6 Å². The molecule has 0 fully saturated rings. The van der Waals surface area contributed by atoms with Crippen LogP contribution in [0.4, 0.5) is 0 Å². The minimum absolute atomic E-state index is 0.456. The van der Waals surface area contributed by atoms with E-state index in [0.29, 0.717) is 21.6 Å². The highest BCUT2D eigenvalue weighted by atomic mass is 35.5. The third kappa shape index (κ3) is 1.66. The molecule has 15 heavy (non-hydrogen) atoms. The Labute approximate surface area is 90.8 Å². The van der Waals surface area contributed by atoms with Crippen molar-refractivity contribution in [3.8, 4) is 0 Å². The first-order valence-corrected chi connectivity index (χ1v) is 4.74. The van der Waals surface area contributed by atoms with E-state index in [0.717, 1.165) is 11.8 Å². The zero-order valence-corrected chi connectivity index (χ0v) is 8.76. The number of hydrogen-bond donors (Lipinski definition) is 1. The normalized spacial score (nSPS) is 10.5. The van der Waals surface area contributed by atoms with Crippen LogP contribution in [0.2, 0.25) is 5.02 Å². The Bertz CT molecular complexity index is 601. The van der Waals surface area contributed by atoms with Crippen molar-refractivity contribution in [1.29, 1.82) is 5.41 Å². The fourth-order valence-corrected chi connectivity index (χ4v) is 1.59. The van der Waals surface area contributed by atoms with Gasteiger partial charge in [-0.25, -0.2) is 4.79 Å². The largest absolute Gasteiger partial charge is 0.423 e. The molecule has 0 unspecified atom stereocenters. The standard InChI is InChI=1S/C11H8ClNO2/c1-6-2-10-8(4-9(6)12)7(5-13)3-11(14)15-10/h2-5,13H,1H3. The van der Waals surface area contributed by atoms with Gasteiger partial charge < -0.3 is 9.83 Å². The third-order valence-electron chi connectivity index (χ3n) is 2.21. The van der Waals surface area contributed by atoms with E-state index in [1.807, 2.05) is 6.92 Å². The molecule has 0 saturated carbocycles. The maximum Gasteiger partial charge on any atom is 0.336 e. The molecule has 0 amide bonds. The van der Waals surface area contributed by atoms with Gasteiger partial charge in [0.05, 0.1) is 0 Å². The molecule has 4 heteroatoms. The summed E-state index contributed by atoms with van der Waals surface area (Å²) in [5.74, 6) is 0. The molecule has 0 aliphatic carbocycles. The summed E-state index contributed by atoms with van der Waals surface area (Å²) in [7, 11) is 0. The zero-order valence-electron chi connectivity index (χ0n) is 8.00. The summed E-state index contributed by atoms with van der Waals surface area (Å²) in [5.41, 5.74) is 1.36. The number of benzene rings is 1. The maximum atomic E-state index is 11.2. The van der Waals surface area contributed by atoms with Crippen molar-refractivity contribution in [3.05, 3.63) is 44.8 Å². The molecule has 1 aromatic heterocycles. The van der Waals surface area contributed by atoms with Gasteiger partial charge in [-0.2, -0.15) is 0 Å². The number of nitrogens with one attached hydrogen (secondary N) is 1. The summed E-state index contributed by atoms with van der Waals surface area (Å²) >= 11 is 5.96. The Kier molecular flexibility index (Phi) is 2.32. The number of aryl methyl sites for hydroxylation is 1. The smallest absolute Gasteiger partial charge is 0.336 e. The van der Waals surface area contributed by atoms with Crippen LogP contribution in [0.1, 0.15) is 11.1 Å². The van der Waals surface area contributed by atoms with Crippen LogP contribution in [0, 0.1) is 12.3 Å². The van der Waals surface area contributed by atoms with Crippen LogP contribution in [-0.4, -0.2) is 6.21 Å². The lowest BCUT2D eigenvalue weighted by atomic mass is 10.1. The average molecular weight is 222 g/mol. The van der Waals surface area contributed by atoms with E-state index in [1.165, 1.54) is 6.07 Å². The number of halogens is 1. The van der Waals surface area contributed by atoms with Crippen molar-refractivity contribution in [2.75, 3.05) is 0 Å². The average Bonchev–Trinajstić information content (AvgIpc) is 2.19. The second-order valence-electron chi connectivity index (χ2n) is 3.26. The summed E-state index contributed by atoms with van der Waals surface area (Å²) in [4.78, 5) is 11.2. The number of fused-ring (bicyclic) bond motifs is 1. The highest BCUT2D eigenvalue weighted by Crippen LogP contribution is 2.24. The molecule has 0 aliphatic rings. The third-order valence-corrected chi connectivity index (χ3v) is 2.62. The lowest BCUT2D eigenvalue weighted by molar-refractivity contribution is 0.560. The summed E-state index contributed by atoms with van der Waals surface area (Å²) in [6.07, 6.45) is 1.12. The summed E-state index contributed by atoms with van der Waals surface area (Å²) in [6, 6.07) is 4.68. The molecule has 0 radical (unpaired) electrons. The second kappa shape index (κ2) is 3.51. The fourth-order valence-electron chi connectivity index (χ4n) is 1.43. The maximum absolute atomic E-state index is 11.2. The van der Waals surface area contributed by atoms with Crippen molar-refractivity contribution >= 4 is 28.8 Å². The molecule has 3 nitrogen and oxygen atoms in total. The van der Waals surface area contributed by atoms with E-state index in [2.05, 4.69) is 0 Å². The Balaban J connectivity index is 2.97. The van der Waals surface area contributed by atoms with Gasteiger partial charge in [-0.3, -0.25) is 0 Å². The zero-order chi connectivity index (χ0) is 11.0. The topological polar surface area (TPSA) is 54.1 Å². The Morgan fingerprint density at radius 3 is 2.80 bits per heavy atom. The van der Waals surface area contributed by atoms with E-state index >= 15 is 0 Å². The van der Waals surface area contributed by atoms with Gasteiger partial charge >= 0.3 is 5.63 Å². The van der Waals surface area contributed by atoms with Crippen molar-refractivity contribution in [2.24, 2.45) is 0 Å². The van der Waals surface area contributed by atoms with Gasteiger partial charge in [-0.1, -0.05) is 11.6 Å². The van der Waals surface area contributed by atoms with Crippen LogP contribution in [0.25, 0.3) is 11.0 Å². The molecule has 1 N–H and O–H groups in total. The van der Waals surface area contributed by atoms with Crippen LogP contribution in [0.15, 0.2) is 27.4 Å². The van der Waals surface area contributed by atoms with E-state index in [4.69, 9.17) is 21.4 Å². The molecule has 76 valence electrons. The molecule has 1 aromatic carbocycles. The quantitative estimate of drug-likeness (QED) is 0.595. The minimum Gasteiger partial charge on any atom is -0.423 e. The van der Waals surface area contributed by atoms with Crippen LogP contribution in [0.5, 0.6) is 0 Å². The van der Waals surface area contributed by atoms with E-state index < -0.39 is 5.63 Å². The Morgan fingerprint density at radius 2 is 2.13 bits per heavy atom. The van der Waals surface area contributed by atoms with Crippen molar-refractivity contribution < 1.29 is 4.42 Å². The molecular weight excluding hydrogens is 214 g/mol. The highest BCUT2D eigenvalue weighted by molar-refractivity contribution is 6.32. The molecule has 2 rings (SSSR count). The van der Waals surface area contributed by atoms with Gasteiger partial charge in [0.2, 0.25) is 0 Å². The van der Waals surface area contributed by atoms with Crippen molar-refractivity contribution in [3.63, 3.8) is 0 Å². The SMILES string of the molecule is Cc1cc2oc(=O)cc(C=N)c2cc1Cl. The molecule has 1 heterocycles. The lowest BCUT2D eigenvalue weighted by Crippen LogP contribution is -2.00. The van der Waals surface area contributed by atoms with Gasteiger partial charge in [0.1, 0.15) is 5.58 Å². The van der Waals surface area contributed by atoms with E-state index in [9.17, 15) is 4.79 Å². The second-order valence-corrected chi connectivity index (χ2v) is 3.67. The predicted molar refractivity (Wildman–Crippen MR) is 60.1 cm³/mol. The van der Waals surface area contributed by atoms with Gasteiger partial charge in [0, 0.05) is 28.3 Å². The Hall–Kier alpha value is -1.61. The molecule has 2 aromatic rings. The van der Waals surface area contributed by atoms with E-state index in [-0.39, 0.29) is 0 Å². The number of rotatable bonds is 1. The lowest BCUT2D eigenvalue weighted by Gasteiger charge is -2.03. The van der Waals surface area contributed by atoms with Gasteiger partial charge in [0.15, 0.2) is 0 Å². The summed E-state index contributed by atoms with van der Waals surface area (Å²) in [6.45, 7) is 1.83. The minimum atomic E-state index is -0.456. The number of hydrogen-bond acceptors (Lipinski definition) is 3. The Morgan fingerprint density at radius 1 is 1.40 bits per heavy atom. The van der Waals surface area contributed by atoms with Crippen molar-refractivity contribution in [1.82, 2.24) is 0 Å². The molecule has 0 aliphatic heterocycles. The predicted octanol–water partition coefficient (Wildman–Crippen LogP) is 2.75. The van der Waals surface area contributed by atoms with Crippen molar-refractivity contribution in [2.45, 2.75) is 6.92 Å². The van der Waals surface area contributed by atoms with Crippen LogP contribution in [-0.2, 0) is 0 Å². The van der Waals surface area contributed by atoms with Crippen LogP contribution >= 0.6 is 11.6 Å². The summed E-state index contributed by atoms with van der Waals surface area (Å²) < 4.78 is 5.02. The van der Waals surface area contributed by atoms with E-state index in [1.54, 1.807) is 12.1 Å². The fraction of sp³-hybridized carbons (Fsp3) is 0.0909. The highest BCUT2D eigenvalue weighted by Gasteiger charge is 2.06. The first-order chi connectivity index (χ1) is 7.11.